The fourth-order valence-electron chi connectivity index (χ4n) is 2.59. The molecule has 0 spiro atoms. The van der Waals surface area contributed by atoms with Crippen LogP contribution in [0, 0.1) is 5.82 Å². The summed E-state index contributed by atoms with van der Waals surface area (Å²) in [5, 5.41) is 3.07. The Morgan fingerprint density at radius 3 is 2.35 bits per heavy atom. The summed E-state index contributed by atoms with van der Waals surface area (Å²) in [5.74, 6) is -2.20. The number of benzene rings is 1. The van der Waals surface area contributed by atoms with Gasteiger partial charge in [0.25, 0.3) is 0 Å². The molecule has 0 radical (unpaired) electrons. The number of hydrogen-bond acceptors (Lipinski definition) is 3. The smallest absolute Gasteiger partial charge is 0.403 e. The minimum absolute atomic E-state index is 0.208. The molecule has 1 aliphatic rings. The molecule has 9 heteroatoms. The molecule has 3 nitrogen and oxygen atoms in total. The van der Waals surface area contributed by atoms with Gasteiger partial charge in [0.05, 0.1) is 0 Å². The monoisotopic (exact) mass is 342 g/mol. The van der Waals surface area contributed by atoms with Gasteiger partial charge in [-0.1, -0.05) is 6.07 Å². The molecule has 0 unspecified atom stereocenters. The highest BCUT2D eigenvalue weighted by atomic mass is 19.4. The second-order valence-electron chi connectivity index (χ2n) is 5.17. The molecule has 0 saturated carbocycles. The quantitative estimate of drug-likeness (QED) is 0.831. The fraction of sp³-hybridized carbons (Fsp3) is 0.571. The lowest BCUT2D eigenvalue weighted by Crippen LogP contribution is -2.45. The maximum atomic E-state index is 13.8. The Kier molecular flexibility index (Phi) is 5.74. The van der Waals surface area contributed by atoms with E-state index in [2.05, 4.69) is 10.1 Å². The molecule has 1 aromatic rings. The lowest BCUT2D eigenvalue weighted by molar-refractivity contribution is -0.275. The summed E-state index contributed by atoms with van der Waals surface area (Å²) in [6.45, 7) is 2.22. The highest BCUT2D eigenvalue weighted by Gasteiger charge is 2.33. The summed E-state index contributed by atoms with van der Waals surface area (Å²) < 4.78 is 79.4. The summed E-state index contributed by atoms with van der Waals surface area (Å²) >= 11 is 0. The highest BCUT2D eigenvalue weighted by molar-refractivity contribution is 5.31. The van der Waals surface area contributed by atoms with Gasteiger partial charge in [-0.15, -0.1) is 13.2 Å². The van der Waals surface area contributed by atoms with Gasteiger partial charge in [-0.2, -0.15) is 0 Å². The summed E-state index contributed by atoms with van der Waals surface area (Å²) in [5.41, 5.74) is 0.208. The van der Waals surface area contributed by atoms with Gasteiger partial charge in [0.1, 0.15) is 0 Å². The molecule has 1 aromatic carbocycles. The molecule has 0 aliphatic carbocycles. The van der Waals surface area contributed by atoms with Crippen molar-refractivity contribution in [3.05, 3.63) is 29.6 Å². The van der Waals surface area contributed by atoms with E-state index in [0.717, 1.165) is 12.1 Å². The average molecular weight is 342 g/mol. The maximum Gasteiger partial charge on any atom is 0.573 e. The number of rotatable bonds is 5. The molecule has 130 valence electrons. The van der Waals surface area contributed by atoms with Crippen molar-refractivity contribution in [2.75, 3.05) is 26.2 Å². The van der Waals surface area contributed by atoms with E-state index in [0.29, 0.717) is 26.2 Å². The molecule has 0 bridgehead atoms. The van der Waals surface area contributed by atoms with Crippen molar-refractivity contribution in [3.8, 4) is 5.75 Å². The molecule has 0 amide bonds. The van der Waals surface area contributed by atoms with Crippen LogP contribution in [0.4, 0.5) is 26.3 Å². The largest absolute Gasteiger partial charge is 0.573 e. The van der Waals surface area contributed by atoms with Gasteiger partial charge in [-0.25, -0.2) is 13.2 Å². The second-order valence-corrected chi connectivity index (χ2v) is 5.17. The first kappa shape index (κ1) is 17.9. The van der Waals surface area contributed by atoms with Crippen molar-refractivity contribution in [3.63, 3.8) is 0 Å². The Balaban J connectivity index is 2.22. The van der Waals surface area contributed by atoms with Crippen LogP contribution in [0.15, 0.2) is 18.2 Å². The van der Waals surface area contributed by atoms with Crippen LogP contribution in [0.5, 0.6) is 5.75 Å². The SMILES string of the molecule is Fc1cc([C@@H](CC(F)F)N2CCNCC2)ccc1OC(F)(F)F. The van der Waals surface area contributed by atoms with E-state index >= 15 is 0 Å². The molecule has 1 aliphatic heterocycles. The number of hydrogen-bond donors (Lipinski definition) is 1. The van der Waals surface area contributed by atoms with Gasteiger partial charge in [0.15, 0.2) is 11.6 Å². The van der Waals surface area contributed by atoms with E-state index in [-0.39, 0.29) is 5.56 Å². The summed E-state index contributed by atoms with van der Waals surface area (Å²) in [4.78, 5) is 1.77. The van der Waals surface area contributed by atoms with Gasteiger partial charge in [0, 0.05) is 38.6 Å². The minimum atomic E-state index is -5.01. The van der Waals surface area contributed by atoms with E-state index in [1.165, 1.54) is 6.07 Å². The predicted molar refractivity (Wildman–Crippen MR) is 70.9 cm³/mol. The Labute approximate surface area is 129 Å². The van der Waals surface area contributed by atoms with Gasteiger partial charge in [-0.05, 0) is 17.7 Å². The molecular weight excluding hydrogens is 326 g/mol. The molecule has 23 heavy (non-hydrogen) atoms. The normalized spacial score (nSPS) is 18.2. The number of halogens is 6. The molecule has 0 aromatic heterocycles. The third kappa shape index (κ3) is 5.28. The number of piperazine rings is 1. The standard InChI is InChI=1S/C14H16F6N2O/c15-10-7-9(1-2-12(10)23-14(18,19)20)11(8-13(16)17)22-5-3-21-4-6-22/h1-2,7,11,13,21H,3-6,8H2/t11-/m1/s1. The van der Waals surface area contributed by atoms with E-state index < -0.39 is 36.8 Å². The van der Waals surface area contributed by atoms with Crippen molar-refractivity contribution in [2.45, 2.75) is 25.3 Å². The van der Waals surface area contributed by atoms with Crippen molar-refractivity contribution in [1.82, 2.24) is 10.2 Å². The van der Waals surface area contributed by atoms with Crippen LogP contribution in [0.25, 0.3) is 0 Å². The van der Waals surface area contributed by atoms with Crippen LogP contribution in [0.2, 0.25) is 0 Å². The zero-order valence-corrected chi connectivity index (χ0v) is 12.0. The third-order valence-electron chi connectivity index (χ3n) is 3.56. The van der Waals surface area contributed by atoms with Gasteiger partial charge >= 0.3 is 6.36 Å². The molecular formula is C14H16F6N2O. The zero-order valence-electron chi connectivity index (χ0n) is 12.0. The van der Waals surface area contributed by atoms with E-state index in [4.69, 9.17) is 0 Å². The van der Waals surface area contributed by atoms with Crippen LogP contribution < -0.4 is 10.1 Å². The fourth-order valence-corrected chi connectivity index (χ4v) is 2.59. The lowest BCUT2D eigenvalue weighted by atomic mass is 10.0. The van der Waals surface area contributed by atoms with Crippen LogP contribution in [-0.4, -0.2) is 43.9 Å². The van der Waals surface area contributed by atoms with Crippen molar-refractivity contribution >= 4 is 0 Å². The van der Waals surface area contributed by atoms with Crippen LogP contribution >= 0.6 is 0 Å². The molecule has 2 rings (SSSR count). The summed E-state index contributed by atoms with van der Waals surface area (Å²) in [6, 6.07) is 2.08. The molecule has 1 saturated heterocycles. The molecule has 1 N–H and O–H groups in total. The summed E-state index contributed by atoms with van der Waals surface area (Å²) in [6.07, 6.45) is -8.13. The Bertz CT molecular complexity index is 516. The van der Waals surface area contributed by atoms with Crippen molar-refractivity contribution < 1.29 is 31.1 Å². The number of nitrogens with one attached hydrogen (secondary N) is 1. The minimum Gasteiger partial charge on any atom is -0.403 e. The molecule has 1 atom stereocenters. The van der Waals surface area contributed by atoms with E-state index in [9.17, 15) is 26.3 Å². The second kappa shape index (κ2) is 7.39. The maximum absolute atomic E-state index is 13.8. The highest BCUT2D eigenvalue weighted by Crippen LogP contribution is 2.32. The topological polar surface area (TPSA) is 24.5 Å². The summed E-state index contributed by atoms with van der Waals surface area (Å²) in [7, 11) is 0. The number of alkyl halides is 5. The average Bonchev–Trinajstić information content (AvgIpc) is 2.46. The van der Waals surface area contributed by atoms with Gasteiger partial charge in [-0.3, -0.25) is 4.90 Å². The first-order valence-corrected chi connectivity index (χ1v) is 7.04. The van der Waals surface area contributed by atoms with Gasteiger partial charge in [0.2, 0.25) is 6.43 Å². The van der Waals surface area contributed by atoms with E-state index in [1.807, 2.05) is 0 Å². The number of nitrogens with zero attached hydrogens (tertiary/aromatic N) is 1. The third-order valence-corrected chi connectivity index (χ3v) is 3.56. The van der Waals surface area contributed by atoms with Crippen molar-refractivity contribution in [2.24, 2.45) is 0 Å². The van der Waals surface area contributed by atoms with Crippen LogP contribution in [-0.2, 0) is 0 Å². The van der Waals surface area contributed by atoms with E-state index in [1.54, 1.807) is 4.90 Å². The zero-order chi connectivity index (χ0) is 17.0. The molecule has 1 fully saturated rings. The Morgan fingerprint density at radius 1 is 1.17 bits per heavy atom. The molecule has 1 heterocycles. The first-order valence-electron chi connectivity index (χ1n) is 7.04. The first-order chi connectivity index (χ1) is 10.8. The Hall–Kier alpha value is -1.48. The van der Waals surface area contributed by atoms with Crippen LogP contribution in [0.1, 0.15) is 18.0 Å². The van der Waals surface area contributed by atoms with Gasteiger partial charge < -0.3 is 10.1 Å². The number of ether oxygens (including phenoxy) is 1. The predicted octanol–water partition coefficient (Wildman–Crippen LogP) is 3.33. The lowest BCUT2D eigenvalue weighted by Gasteiger charge is -2.35. The Morgan fingerprint density at radius 2 is 1.83 bits per heavy atom. The van der Waals surface area contributed by atoms with Crippen LogP contribution in [0.3, 0.4) is 0 Å². The van der Waals surface area contributed by atoms with Crippen molar-refractivity contribution in [1.29, 1.82) is 0 Å².